The number of rotatable bonds is 3. The van der Waals surface area contributed by atoms with E-state index in [9.17, 15) is 0 Å². The van der Waals surface area contributed by atoms with Crippen molar-refractivity contribution in [2.75, 3.05) is 14.2 Å². The van der Waals surface area contributed by atoms with Gasteiger partial charge in [-0.05, 0) is 35.0 Å². The number of ether oxygens (including phenoxy) is 1. The van der Waals surface area contributed by atoms with Crippen LogP contribution < -0.4 is 4.74 Å². The van der Waals surface area contributed by atoms with Crippen LogP contribution in [0.3, 0.4) is 0 Å². The summed E-state index contributed by atoms with van der Waals surface area (Å²) in [6.07, 6.45) is 0. The van der Waals surface area contributed by atoms with Crippen LogP contribution in [0.1, 0.15) is 12.5 Å². The highest BCUT2D eigenvalue weighted by molar-refractivity contribution is 9.10. The number of benzene rings is 1. The van der Waals surface area contributed by atoms with Gasteiger partial charge in [0.05, 0.1) is 17.3 Å². The molecule has 0 aromatic heterocycles. The van der Waals surface area contributed by atoms with Gasteiger partial charge < -0.3 is 9.57 Å². The highest BCUT2D eigenvalue weighted by Gasteiger charge is 2.03. The van der Waals surface area contributed by atoms with Gasteiger partial charge in [0.2, 0.25) is 0 Å². The van der Waals surface area contributed by atoms with Crippen LogP contribution in [0.2, 0.25) is 0 Å². The van der Waals surface area contributed by atoms with Crippen molar-refractivity contribution in [3.8, 4) is 5.75 Å². The molecule has 0 aliphatic rings. The van der Waals surface area contributed by atoms with Crippen molar-refractivity contribution in [3.05, 3.63) is 28.2 Å². The van der Waals surface area contributed by atoms with Crippen LogP contribution in [0.4, 0.5) is 0 Å². The fraction of sp³-hybridized carbons (Fsp3) is 0.300. The first-order valence-electron chi connectivity index (χ1n) is 4.10. The summed E-state index contributed by atoms with van der Waals surface area (Å²) in [4.78, 5) is 4.70. The molecule has 0 atom stereocenters. The molecule has 14 heavy (non-hydrogen) atoms. The third kappa shape index (κ3) is 2.48. The van der Waals surface area contributed by atoms with Gasteiger partial charge >= 0.3 is 0 Å². The first-order valence-corrected chi connectivity index (χ1v) is 4.90. The van der Waals surface area contributed by atoms with Crippen molar-refractivity contribution in [3.63, 3.8) is 0 Å². The summed E-state index contributed by atoms with van der Waals surface area (Å²) in [6, 6.07) is 5.77. The number of nitrogens with zero attached hydrogens (tertiary/aromatic N) is 1. The molecule has 0 saturated carbocycles. The van der Waals surface area contributed by atoms with Crippen molar-refractivity contribution in [1.82, 2.24) is 0 Å². The Hall–Kier alpha value is -1.03. The predicted molar refractivity (Wildman–Crippen MR) is 59.9 cm³/mol. The normalized spacial score (nSPS) is 11.3. The quantitative estimate of drug-likeness (QED) is 0.616. The summed E-state index contributed by atoms with van der Waals surface area (Å²) in [6.45, 7) is 1.88. The Bertz CT molecular complexity index is 350. The summed E-state index contributed by atoms with van der Waals surface area (Å²) in [5, 5.41) is 3.85. The van der Waals surface area contributed by atoms with E-state index in [0.717, 1.165) is 21.5 Å². The van der Waals surface area contributed by atoms with Crippen LogP contribution >= 0.6 is 15.9 Å². The van der Waals surface area contributed by atoms with E-state index in [0.29, 0.717) is 0 Å². The third-order valence-electron chi connectivity index (χ3n) is 1.80. The number of oxime groups is 1. The minimum absolute atomic E-state index is 0.785. The maximum absolute atomic E-state index is 5.17. The van der Waals surface area contributed by atoms with Gasteiger partial charge in [-0.25, -0.2) is 0 Å². The molecule has 0 spiro atoms. The molecule has 76 valence electrons. The van der Waals surface area contributed by atoms with Crippen LogP contribution in [-0.4, -0.2) is 19.9 Å². The molecule has 0 amide bonds. The molecule has 0 N–H and O–H groups in total. The Kier molecular flexibility index (Phi) is 3.95. The topological polar surface area (TPSA) is 30.8 Å². The molecule has 4 heteroatoms. The molecule has 3 nitrogen and oxygen atoms in total. The average molecular weight is 258 g/mol. The Morgan fingerprint density at radius 1 is 1.36 bits per heavy atom. The highest BCUT2D eigenvalue weighted by Crippen LogP contribution is 2.25. The largest absolute Gasteiger partial charge is 0.496 e. The number of methoxy groups -OCH3 is 1. The highest BCUT2D eigenvalue weighted by atomic mass is 79.9. The second-order valence-corrected chi connectivity index (χ2v) is 3.56. The van der Waals surface area contributed by atoms with Gasteiger partial charge in [0.15, 0.2) is 0 Å². The summed E-state index contributed by atoms with van der Waals surface area (Å²) in [5.41, 5.74) is 1.80. The van der Waals surface area contributed by atoms with Crippen LogP contribution in [0.5, 0.6) is 5.75 Å². The van der Waals surface area contributed by atoms with E-state index < -0.39 is 0 Å². The lowest BCUT2D eigenvalue weighted by Crippen LogP contribution is -1.96. The fourth-order valence-corrected chi connectivity index (χ4v) is 1.48. The van der Waals surface area contributed by atoms with E-state index in [4.69, 9.17) is 9.57 Å². The van der Waals surface area contributed by atoms with Gasteiger partial charge in [-0.1, -0.05) is 11.2 Å². The lowest BCUT2D eigenvalue weighted by molar-refractivity contribution is 0.213. The fourth-order valence-electron chi connectivity index (χ4n) is 1.07. The second-order valence-electron chi connectivity index (χ2n) is 2.71. The lowest BCUT2D eigenvalue weighted by atomic mass is 10.1. The van der Waals surface area contributed by atoms with Crippen LogP contribution in [0, 0.1) is 0 Å². The van der Waals surface area contributed by atoms with Crippen molar-refractivity contribution < 1.29 is 9.57 Å². The Balaban J connectivity index is 3.06. The second kappa shape index (κ2) is 5.00. The average Bonchev–Trinajstić information content (AvgIpc) is 2.19. The van der Waals surface area contributed by atoms with E-state index in [-0.39, 0.29) is 0 Å². The van der Waals surface area contributed by atoms with Crippen molar-refractivity contribution >= 4 is 21.6 Å². The van der Waals surface area contributed by atoms with E-state index >= 15 is 0 Å². The van der Waals surface area contributed by atoms with Gasteiger partial charge in [-0.2, -0.15) is 0 Å². The Morgan fingerprint density at radius 3 is 2.64 bits per heavy atom. The maximum Gasteiger partial charge on any atom is 0.133 e. The molecule has 0 aliphatic carbocycles. The molecule has 1 aromatic carbocycles. The predicted octanol–water partition coefficient (Wildman–Crippen LogP) is 2.83. The zero-order chi connectivity index (χ0) is 10.6. The summed E-state index contributed by atoms with van der Waals surface area (Å²) >= 11 is 3.38. The molecule has 0 fully saturated rings. The SMILES string of the molecule is CON=C(C)c1ccc(Br)c(OC)c1. The number of hydrogen-bond donors (Lipinski definition) is 0. The first-order chi connectivity index (χ1) is 6.69. The summed E-state index contributed by atoms with van der Waals surface area (Å²) < 4.78 is 6.10. The molecule has 0 aliphatic heterocycles. The standard InChI is InChI=1S/C10H12BrNO2/c1-7(12-14-3)8-4-5-9(11)10(6-8)13-2/h4-6H,1-3H3. The molecule has 1 rings (SSSR count). The summed E-state index contributed by atoms with van der Waals surface area (Å²) in [7, 11) is 3.16. The molecular formula is C10H12BrNO2. The molecular weight excluding hydrogens is 246 g/mol. The maximum atomic E-state index is 5.17. The molecule has 0 unspecified atom stereocenters. The molecule has 0 saturated heterocycles. The van der Waals surface area contributed by atoms with Crippen molar-refractivity contribution in [1.29, 1.82) is 0 Å². The first kappa shape index (κ1) is 11.0. The van der Waals surface area contributed by atoms with E-state index in [2.05, 4.69) is 21.1 Å². The van der Waals surface area contributed by atoms with Crippen LogP contribution in [-0.2, 0) is 4.84 Å². The molecule has 1 aromatic rings. The van der Waals surface area contributed by atoms with E-state index in [1.54, 1.807) is 7.11 Å². The third-order valence-corrected chi connectivity index (χ3v) is 2.45. The Labute approximate surface area is 91.8 Å². The minimum atomic E-state index is 0.785. The Morgan fingerprint density at radius 2 is 2.07 bits per heavy atom. The number of halogens is 1. The minimum Gasteiger partial charge on any atom is -0.496 e. The van der Waals surface area contributed by atoms with Crippen LogP contribution in [0.25, 0.3) is 0 Å². The summed E-state index contributed by atoms with van der Waals surface area (Å²) in [5.74, 6) is 0.785. The van der Waals surface area contributed by atoms with Gasteiger partial charge in [0, 0.05) is 5.56 Å². The number of hydrogen-bond acceptors (Lipinski definition) is 3. The van der Waals surface area contributed by atoms with Crippen LogP contribution in [0.15, 0.2) is 27.8 Å². The van der Waals surface area contributed by atoms with Gasteiger partial charge in [-0.15, -0.1) is 0 Å². The van der Waals surface area contributed by atoms with Gasteiger partial charge in [0.1, 0.15) is 12.9 Å². The van der Waals surface area contributed by atoms with Crippen molar-refractivity contribution in [2.24, 2.45) is 5.16 Å². The van der Waals surface area contributed by atoms with E-state index in [1.807, 2.05) is 25.1 Å². The monoisotopic (exact) mass is 257 g/mol. The van der Waals surface area contributed by atoms with Gasteiger partial charge in [0.25, 0.3) is 0 Å². The lowest BCUT2D eigenvalue weighted by Gasteiger charge is -2.05. The van der Waals surface area contributed by atoms with Gasteiger partial charge in [-0.3, -0.25) is 0 Å². The zero-order valence-corrected chi connectivity index (χ0v) is 9.96. The molecule has 0 bridgehead atoms. The van der Waals surface area contributed by atoms with Crippen molar-refractivity contribution in [2.45, 2.75) is 6.92 Å². The van der Waals surface area contributed by atoms with E-state index in [1.165, 1.54) is 7.11 Å². The smallest absolute Gasteiger partial charge is 0.133 e. The molecule has 0 radical (unpaired) electrons. The molecule has 0 heterocycles. The zero-order valence-electron chi connectivity index (χ0n) is 8.37.